The summed E-state index contributed by atoms with van der Waals surface area (Å²) in [6.07, 6.45) is 3.96. The van der Waals surface area contributed by atoms with Gasteiger partial charge in [-0.2, -0.15) is 0 Å². The molecule has 18 heavy (non-hydrogen) atoms. The van der Waals surface area contributed by atoms with Gasteiger partial charge < -0.3 is 5.32 Å². The second-order valence-corrected chi connectivity index (χ2v) is 7.47. The van der Waals surface area contributed by atoms with Crippen LogP contribution in [-0.2, 0) is 0 Å². The van der Waals surface area contributed by atoms with E-state index < -0.39 is 0 Å². The van der Waals surface area contributed by atoms with Crippen LogP contribution >= 0.6 is 0 Å². The summed E-state index contributed by atoms with van der Waals surface area (Å²) >= 11 is 0. The van der Waals surface area contributed by atoms with Crippen LogP contribution in [0.5, 0.6) is 0 Å². The predicted molar refractivity (Wildman–Crippen MR) is 83.6 cm³/mol. The van der Waals surface area contributed by atoms with E-state index in [1.54, 1.807) is 0 Å². The van der Waals surface area contributed by atoms with E-state index in [9.17, 15) is 0 Å². The minimum Gasteiger partial charge on any atom is -0.388 e. The molecule has 0 saturated heterocycles. The maximum absolute atomic E-state index is 4.07. The third kappa shape index (κ3) is 8.60. The predicted octanol–water partition coefficient (Wildman–Crippen LogP) is 5.23. The fourth-order valence-corrected chi connectivity index (χ4v) is 2.31. The molecule has 1 nitrogen and oxygen atoms in total. The van der Waals surface area contributed by atoms with Crippen molar-refractivity contribution in [1.29, 1.82) is 0 Å². The van der Waals surface area contributed by atoms with Gasteiger partial charge in [-0.05, 0) is 36.0 Å². The molecule has 0 aromatic rings. The molecular formula is C17H35N. The Kier molecular flexibility index (Phi) is 7.66. The summed E-state index contributed by atoms with van der Waals surface area (Å²) in [6, 6.07) is 0. The van der Waals surface area contributed by atoms with Crippen molar-refractivity contribution < 1.29 is 0 Å². The van der Waals surface area contributed by atoms with Gasteiger partial charge in [0, 0.05) is 12.2 Å². The smallest absolute Gasteiger partial charge is 0.0169 e. The maximum Gasteiger partial charge on any atom is 0.0169 e. The van der Waals surface area contributed by atoms with Crippen LogP contribution in [0.25, 0.3) is 0 Å². The summed E-state index contributed by atoms with van der Waals surface area (Å²) in [5, 5.41) is 3.47. The fraction of sp³-hybridized carbons (Fsp3) is 0.882. The SMILES string of the molecule is C=C(NCC(C)CC(C)(C)CCC(C)C)C(C)C. The number of hydrogen-bond donors (Lipinski definition) is 1. The normalized spacial score (nSPS) is 14.1. The summed E-state index contributed by atoms with van der Waals surface area (Å²) in [6.45, 7) is 21.3. The van der Waals surface area contributed by atoms with Gasteiger partial charge >= 0.3 is 0 Å². The largest absolute Gasteiger partial charge is 0.388 e. The van der Waals surface area contributed by atoms with Crippen molar-refractivity contribution in [3.05, 3.63) is 12.3 Å². The van der Waals surface area contributed by atoms with Crippen molar-refractivity contribution in [3.63, 3.8) is 0 Å². The van der Waals surface area contributed by atoms with Crippen LogP contribution in [0, 0.1) is 23.2 Å². The first-order valence-corrected chi connectivity index (χ1v) is 7.56. The van der Waals surface area contributed by atoms with Crippen LogP contribution in [0.2, 0.25) is 0 Å². The van der Waals surface area contributed by atoms with Gasteiger partial charge in [-0.1, -0.05) is 61.5 Å². The van der Waals surface area contributed by atoms with Crippen molar-refractivity contribution in [3.8, 4) is 0 Å². The Balaban J connectivity index is 3.98. The molecule has 108 valence electrons. The minimum atomic E-state index is 0.463. The van der Waals surface area contributed by atoms with E-state index in [-0.39, 0.29) is 0 Å². The summed E-state index contributed by atoms with van der Waals surface area (Å²) in [5.41, 5.74) is 1.63. The highest BCUT2D eigenvalue weighted by molar-refractivity contribution is 4.94. The molecule has 0 aromatic carbocycles. The molecule has 0 aliphatic heterocycles. The Hall–Kier alpha value is -0.460. The van der Waals surface area contributed by atoms with E-state index in [1.807, 2.05) is 0 Å². The first-order valence-electron chi connectivity index (χ1n) is 7.56. The average molecular weight is 253 g/mol. The van der Waals surface area contributed by atoms with Crippen molar-refractivity contribution in [1.82, 2.24) is 5.32 Å². The van der Waals surface area contributed by atoms with E-state index >= 15 is 0 Å². The minimum absolute atomic E-state index is 0.463. The zero-order valence-corrected chi connectivity index (χ0v) is 13.8. The molecule has 0 fully saturated rings. The molecule has 0 aliphatic rings. The van der Waals surface area contributed by atoms with E-state index in [1.165, 1.54) is 25.0 Å². The Morgan fingerprint density at radius 2 is 1.67 bits per heavy atom. The quantitative estimate of drug-likeness (QED) is 0.593. The molecule has 0 aliphatic carbocycles. The molecular weight excluding hydrogens is 218 g/mol. The Labute approximate surface area is 115 Å². The van der Waals surface area contributed by atoms with Crippen LogP contribution in [0.3, 0.4) is 0 Å². The van der Waals surface area contributed by atoms with E-state index in [2.05, 4.69) is 60.4 Å². The fourth-order valence-electron chi connectivity index (χ4n) is 2.31. The van der Waals surface area contributed by atoms with Gasteiger partial charge in [-0.25, -0.2) is 0 Å². The highest BCUT2D eigenvalue weighted by Crippen LogP contribution is 2.31. The molecule has 0 radical (unpaired) electrons. The molecule has 0 amide bonds. The van der Waals surface area contributed by atoms with E-state index in [0.29, 0.717) is 17.3 Å². The topological polar surface area (TPSA) is 12.0 Å². The Morgan fingerprint density at radius 1 is 1.11 bits per heavy atom. The van der Waals surface area contributed by atoms with Crippen molar-refractivity contribution >= 4 is 0 Å². The second-order valence-electron chi connectivity index (χ2n) is 7.47. The number of nitrogens with one attached hydrogen (secondary N) is 1. The molecule has 0 saturated carbocycles. The van der Waals surface area contributed by atoms with Crippen molar-refractivity contribution in [2.24, 2.45) is 23.2 Å². The van der Waals surface area contributed by atoms with Crippen molar-refractivity contribution in [2.45, 2.75) is 67.7 Å². The van der Waals surface area contributed by atoms with Gasteiger partial charge in [0.1, 0.15) is 0 Å². The van der Waals surface area contributed by atoms with Gasteiger partial charge in [-0.3, -0.25) is 0 Å². The van der Waals surface area contributed by atoms with Gasteiger partial charge in [-0.15, -0.1) is 0 Å². The van der Waals surface area contributed by atoms with Crippen molar-refractivity contribution in [2.75, 3.05) is 6.54 Å². The third-order valence-electron chi connectivity index (χ3n) is 3.67. The Bertz CT molecular complexity index is 238. The molecule has 0 bridgehead atoms. The highest BCUT2D eigenvalue weighted by Gasteiger charge is 2.21. The summed E-state index contributed by atoms with van der Waals surface area (Å²) in [4.78, 5) is 0. The molecule has 1 unspecified atom stereocenters. The average Bonchev–Trinajstić information content (AvgIpc) is 2.22. The lowest BCUT2D eigenvalue weighted by Gasteiger charge is -2.29. The zero-order valence-electron chi connectivity index (χ0n) is 13.8. The van der Waals surface area contributed by atoms with E-state index in [4.69, 9.17) is 0 Å². The van der Waals surface area contributed by atoms with Crippen LogP contribution in [0.1, 0.15) is 67.7 Å². The summed E-state index contributed by atoms with van der Waals surface area (Å²) < 4.78 is 0. The lowest BCUT2D eigenvalue weighted by molar-refractivity contribution is 0.237. The molecule has 1 atom stereocenters. The number of allylic oxidation sites excluding steroid dienone is 1. The number of rotatable bonds is 9. The first kappa shape index (κ1) is 17.5. The van der Waals surface area contributed by atoms with Gasteiger partial charge in [0.25, 0.3) is 0 Å². The number of hydrogen-bond acceptors (Lipinski definition) is 1. The first-order chi connectivity index (χ1) is 8.14. The van der Waals surface area contributed by atoms with Crippen LogP contribution in [0.15, 0.2) is 12.3 Å². The molecule has 1 N–H and O–H groups in total. The third-order valence-corrected chi connectivity index (χ3v) is 3.67. The molecule has 1 heteroatoms. The van der Waals surface area contributed by atoms with Crippen LogP contribution in [-0.4, -0.2) is 6.54 Å². The molecule has 0 heterocycles. The lowest BCUT2D eigenvalue weighted by atomic mass is 9.78. The zero-order chi connectivity index (χ0) is 14.3. The van der Waals surface area contributed by atoms with Crippen LogP contribution in [0.4, 0.5) is 0 Å². The van der Waals surface area contributed by atoms with Gasteiger partial charge in [0.05, 0.1) is 0 Å². The summed E-state index contributed by atoms with van der Waals surface area (Å²) in [7, 11) is 0. The van der Waals surface area contributed by atoms with Crippen LogP contribution < -0.4 is 5.32 Å². The molecule has 0 aromatic heterocycles. The second kappa shape index (κ2) is 7.86. The molecule has 0 spiro atoms. The maximum atomic E-state index is 4.07. The standard InChI is InChI=1S/C17H35N/c1-13(2)9-10-17(7,8)11-15(5)12-18-16(6)14(3)4/h13-15,18H,6,9-12H2,1-5,7-8H3. The highest BCUT2D eigenvalue weighted by atomic mass is 14.9. The Morgan fingerprint density at radius 3 is 2.11 bits per heavy atom. The summed E-state index contributed by atoms with van der Waals surface area (Å²) in [5.74, 6) is 2.06. The molecule has 0 rings (SSSR count). The van der Waals surface area contributed by atoms with Gasteiger partial charge in [0.2, 0.25) is 0 Å². The lowest BCUT2D eigenvalue weighted by Crippen LogP contribution is -2.26. The van der Waals surface area contributed by atoms with E-state index in [0.717, 1.165) is 12.5 Å². The van der Waals surface area contributed by atoms with Gasteiger partial charge in [0.15, 0.2) is 0 Å². The monoisotopic (exact) mass is 253 g/mol.